The molecule has 2 fully saturated rings. The van der Waals surface area contributed by atoms with Gasteiger partial charge in [-0.1, -0.05) is 19.8 Å². The van der Waals surface area contributed by atoms with E-state index in [2.05, 4.69) is 6.92 Å². The van der Waals surface area contributed by atoms with Crippen molar-refractivity contribution in [1.29, 1.82) is 0 Å². The van der Waals surface area contributed by atoms with Crippen LogP contribution in [0.4, 0.5) is 4.79 Å². The summed E-state index contributed by atoms with van der Waals surface area (Å²) < 4.78 is 10.7. The minimum absolute atomic E-state index is 0.215. The number of hydrogen-bond acceptors (Lipinski definition) is 3. The zero-order valence-electron chi connectivity index (χ0n) is 10.2. The Morgan fingerprint density at radius 1 is 1.19 bits per heavy atom. The molecular weight excluding hydrogens is 204 g/mol. The van der Waals surface area contributed by atoms with E-state index in [-0.39, 0.29) is 5.60 Å². The van der Waals surface area contributed by atoms with Crippen molar-refractivity contribution in [3.63, 3.8) is 0 Å². The Morgan fingerprint density at radius 2 is 1.88 bits per heavy atom. The molecule has 0 aromatic rings. The molecule has 1 atom stereocenters. The third kappa shape index (κ3) is 2.89. The fourth-order valence-corrected chi connectivity index (χ4v) is 3.01. The third-order valence-corrected chi connectivity index (χ3v) is 3.87. The summed E-state index contributed by atoms with van der Waals surface area (Å²) in [6.45, 7) is 2.74. The highest BCUT2D eigenvalue weighted by atomic mass is 16.7. The Kier molecular flexibility index (Phi) is 3.72. The van der Waals surface area contributed by atoms with Gasteiger partial charge in [-0.05, 0) is 44.4 Å². The van der Waals surface area contributed by atoms with Gasteiger partial charge in [-0.25, -0.2) is 4.79 Å². The van der Waals surface area contributed by atoms with Crippen LogP contribution in [0.15, 0.2) is 0 Å². The molecule has 0 N–H and O–H groups in total. The molecule has 3 nitrogen and oxygen atoms in total. The Hall–Kier alpha value is -0.730. The van der Waals surface area contributed by atoms with Crippen LogP contribution in [0.5, 0.6) is 0 Å². The van der Waals surface area contributed by atoms with E-state index in [1.165, 1.54) is 25.7 Å². The molecule has 1 heterocycles. The Labute approximate surface area is 97.5 Å². The summed E-state index contributed by atoms with van der Waals surface area (Å²) in [5, 5.41) is 0. The number of ether oxygens (including phenoxy) is 2. The normalized spacial score (nSPS) is 30.8. The molecule has 1 saturated heterocycles. The quantitative estimate of drug-likeness (QED) is 0.591. The zero-order valence-corrected chi connectivity index (χ0v) is 10.2. The van der Waals surface area contributed by atoms with Gasteiger partial charge in [0.15, 0.2) is 0 Å². The van der Waals surface area contributed by atoms with Crippen molar-refractivity contribution in [2.45, 2.75) is 63.9 Å². The summed E-state index contributed by atoms with van der Waals surface area (Å²) in [4.78, 5) is 11.5. The minimum atomic E-state index is -0.450. The fourth-order valence-electron chi connectivity index (χ4n) is 3.01. The first-order valence-electron chi connectivity index (χ1n) is 6.56. The lowest BCUT2D eigenvalue weighted by Gasteiger charge is -2.36. The topological polar surface area (TPSA) is 35.5 Å². The molecule has 1 aliphatic heterocycles. The molecule has 1 unspecified atom stereocenters. The molecule has 0 aromatic heterocycles. The van der Waals surface area contributed by atoms with Gasteiger partial charge in [0.05, 0.1) is 6.61 Å². The van der Waals surface area contributed by atoms with Crippen molar-refractivity contribution in [1.82, 2.24) is 0 Å². The van der Waals surface area contributed by atoms with E-state index in [9.17, 15) is 4.79 Å². The number of carbonyl (C=O) groups is 1. The van der Waals surface area contributed by atoms with Gasteiger partial charge in [0.2, 0.25) is 0 Å². The molecule has 2 aliphatic rings. The summed E-state index contributed by atoms with van der Waals surface area (Å²) in [6.07, 6.45) is 8.48. The Morgan fingerprint density at radius 3 is 2.56 bits per heavy atom. The van der Waals surface area contributed by atoms with Crippen molar-refractivity contribution in [2.75, 3.05) is 6.61 Å². The molecule has 0 bridgehead atoms. The first kappa shape index (κ1) is 11.7. The smallest absolute Gasteiger partial charge is 0.434 e. The van der Waals surface area contributed by atoms with Crippen molar-refractivity contribution in [2.24, 2.45) is 5.92 Å². The van der Waals surface area contributed by atoms with Crippen LogP contribution in [-0.2, 0) is 9.47 Å². The van der Waals surface area contributed by atoms with Crippen LogP contribution < -0.4 is 0 Å². The second kappa shape index (κ2) is 5.07. The van der Waals surface area contributed by atoms with Crippen LogP contribution in [0.25, 0.3) is 0 Å². The maximum atomic E-state index is 11.5. The van der Waals surface area contributed by atoms with Crippen LogP contribution in [0.3, 0.4) is 0 Å². The maximum absolute atomic E-state index is 11.5. The highest BCUT2D eigenvalue weighted by Crippen LogP contribution is 2.37. The van der Waals surface area contributed by atoms with Gasteiger partial charge in [-0.15, -0.1) is 0 Å². The number of rotatable bonds is 0. The SMILES string of the molecule is CC1CCOC(=O)OC2(CCCCCC2)C1. The first-order valence-corrected chi connectivity index (χ1v) is 6.56. The Balaban J connectivity index is 2.09. The van der Waals surface area contributed by atoms with Gasteiger partial charge in [-0.2, -0.15) is 0 Å². The fraction of sp³-hybridized carbons (Fsp3) is 0.923. The van der Waals surface area contributed by atoms with Crippen LogP contribution in [0.2, 0.25) is 0 Å². The summed E-state index contributed by atoms with van der Waals surface area (Å²) >= 11 is 0. The van der Waals surface area contributed by atoms with Crippen LogP contribution >= 0.6 is 0 Å². The van der Waals surface area contributed by atoms with E-state index in [0.717, 1.165) is 25.7 Å². The molecule has 3 heteroatoms. The van der Waals surface area contributed by atoms with Gasteiger partial charge in [0.1, 0.15) is 5.60 Å². The summed E-state index contributed by atoms with van der Waals surface area (Å²) in [5.41, 5.74) is -0.215. The molecular formula is C13H22O3. The van der Waals surface area contributed by atoms with E-state index < -0.39 is 6.16 Å². The summed E-state index contributed by atoms with van der Waals surface area (Å²) in [5.74, 6) is 0.589. The lowest BCUT2D eigenvalue weighted by molar-refractivity contribution is -0.0701. The van der Waals surface area contributed by atoms with Crippen LogP contribution in [0.1, 0.15) is 58.3 Å². The molecule has 1 spiro atoms. The molecule has 0 aromatic carbocycles. The summed E-state index contributed by atoms with van der Waals surface area (Å²) in [7, 11) is 0. The molecule has 0 amide bonds. The highest BCUT2D eigenvalue weighted by Gasteiger charge is 2.38. The van der Waals surface area contributed by atoms with E-state index in [4.69, 9.17) is 9.47 Å². The second-order valence-corrected chi connectivity index (χ2v) is 5.40. The Bertz CT molecular complexity index is 242. The molecule has 92 valence electrons. The maximum Gasteiger partial charge on any atom is 0.508 e. The molecule has 16 heavy (non-hydrogen) atoms. The average Bonchev–Trinajstić information content (AvgIpc) is 2.42. The van der Waals surface area contributed by atoms with Gasteiger partial charge >= 0.3 is 6.16 Å². The van der Waals surface area contributed by atoms with Crippen molar-refractivity contribution in [3.05, 3.63) is 0 Å². The third-order valence-electron chi connectivity index (χ3n) is 3.87. The van der Waals surface area contributed by atoms with E-state index in [0.29, 0.717) is 12.5 Å². The second-order valence-electron chi connectivity index (χ2n) is 5.40. The van der Waals surface area contributed by atoms with Gasteiger partial charge in [0.25, 0.3) is 0 Å². The number of hydrogen-bond donors (Lipinski definition) is 0. The van der Waals surface area contributed by atoms with Gasteiger partial charge < -0.3 is 9.47 Å². The van der Waals surface area contributed by atoms with Crippen LogP contribution in [0, 0.1) is 5.92 Å². The molecule has 2 rings (SSSR count). The molecule has 0 radical (unpaired) electrons. The van der Waals surface area contributed by atoms with Crippen LogP contribution in [-0.4, -0.2) is 18.4 Å². The van der Waals surface area contributed by atoms with Crippen molar-refractivity contribution >= 4 is 6.16 Å². The largest absolute Gasteiger partial charge is 0.508 e. The van der Waals surface area contributed by atoms with E-state index >= 15 is 0 Å². The molecule has 1 saturated carbocycles. The van der Waals surface area contributed by atoms with Crippen molar-refractivity contribution in [3.8, 4) is 0 Å². The predicted octanol–water partition coefficient (Wildman–Crippen LogP) is 3.66. The minimum Gasteiger partial charge on any atom is -0.434 e. The summed E-state index contributed by atoms with van der Waals surface area (Å²) in [6, 6.07) is 0. The zero-order chi connectivity index (χ0) is 11.4. The van der Waals surface area contributed by atoms with Gasteiger partial charge in [-0.3, -0.25) is 0 Å². The van der Waals surface area contributed by atoms with Crippen molar-refractivity contribution < 1.29 is 14.3 Å². The first-order chi connectivity index (χ1) is 7.70. The lowest BCUT2D eigenvalue weighted by Crippen LogP contribution is -2.38. The highest BCUT2D eigenvalue weighted by molar-refractivity contribution is 5.60. The standard InChI is InChI=1S/C13H22O3/c1-11-6-9-15-12(14)16-13(10-11)7-4-2-3-5-8-13/h11H,2-10H2,1H3. The predicted molar refractivity (Wildman–Crippen MR) is 61.3 cm³/mol. The van der Waals surface area contributed by atoms with E-state index in [1.807, 2.05) is 0 Å². The van der Waals surface area contributed by atoms with E-state index in [1.54, 1.807) is 0 Å². The number of cyclic esters (lactones) is 1. The molecule has 1 aliphatic carbocycles. The number of carbonyl (C=O) groups excluding carboxylic acids is 1. The monoisotopic (exact) mass is 226 g/mol. The lowest BCUT2D eigenvalue weighted by atomic mass is 9.83. The average molecular weight is 226 g/mol. The van der Waals surface area contributed by atoms with Gasteiger partial charge in [0, 0.05) is 0 Å².